The minimum absolute atomic E-state index is 0.177. The minimum Gasteiger partial charge on any atom is -0.378 e. The highest BCUT2D eigenvalue weighted by atomic mass is 35.5. The summed E-state index contributed by atoms with van der Waals surface area (Å²) < 4.78 is 1.01. The fourth-order valence-electron chi connectivity index (χ4n) is 2.19. The Kier molecular flexibility index (Phi) is 4.05. The molecule has 0 bridgehead atoms. The molecule has 112 valence electrons. The maximum atomic E-state index is 12.4. The van der Waals surface area contributed by atoms with Gasteiger partial charge in [-0.2, -0.15) is 0 Å². The maximum Gasteiger partial charge on any atom is 0.267 e. The van der Waals surface area contributed by atoms with E-state index in [-0.39, 0.29) is 5.91 Å². The number of fused-ring (bicyclic) bond motifs is 1. The molecule has 5 heteroatoms. The number of halogens is 1. The molecular formula is C17H15ClN2OS. The number of carbonyl (C=O) groups is 1. The van der Waals surface area contributed by atoms with Crippen LogP contribution in [0.1, 0.15) is 9.67 Å². The Morgan fingerprint density at radius 3 is 2.41 bits per heavy atom. The number of rotatable bonds is 3. The van der Waals surface area contributed by atoms with Crippen LogP contribution in [-0.4, -0.2) is 20.0 Å². The van der Waals surface area contributed by atoms with Gasteiger partial charge in [-0.15, -0.1) is 11.3 Å². The van der Waals surface area contributed by atoms with Crippen molar-refractivity contribution in [2.75, 3.05) is 24.3 Å². The van der Waals surface area contributed by atoms with Gasteiger partial charge in [0.25, 0.3) is 5.91 Å². The first-order valence-electron chi connectivity index (χ1n) is 6.82. The van der Waals surface area contributed by atoms with E-state index in [0.717, 1.165) is 21.5 Å². The highest BCUT2D eigenvalue weighted by molar-refractivity contribution is 7.21. The van der Waals surface area contributed by atoms with Gasteiger partial charge in [-0.25, -0.2) is 0 Å². The minimum atomic E-state index is -0.177. The average molecular weight is 331 g/mol. The van der Waals surface area contributed by atoms with E-state index in [1.165, 1.54) is 11.3 Å². The Hall–Kier alpha value is -2.04. The molecule has 0 fully saturated rings. The van der Waals surface area contributed by atoms with Crippen LogP contribution in [-0.2, 0) is 0 Å². The summed E-state index contributed by atoms with van der Waals surface area (Å²) in [6.07, 6.45) is 0. The molecule has 22 heavy (non-hydrogen) atoms. The van der Waals surface area contributed by atoms with Crippen molar-refractivity contribution in [3.8, 4) is 0 Å². The summed E-state index contributed by atoms with van der Waals surface area (Å²) in [5.41, 5.74) is 1.84. The molecule has 1 N–H and O–H groups in total. The summed E-state index contributed by atoms with van der Waals surface area (Å²) in [4.78, 5) is 15.0. The highest BCUT2D eigenvalue weighted by Crippen LogP contribution is 2.35. The van der Waals surface area contributed by atoms with Gasteiger partial charge in [0.05, 0.1) is 5.02 Å². The first-order chi connectivity index (χ1) is 10.6. The Morgan fingerprint density at radius 2 is 1.77 bits per heavy atom. The lowest BCUT2D eigenvalue weighted by Crippen LogP contribution is -2.11. The van der Waals surface area contributed by atoms with E-state index in [4.69, 9.17) is 11.6 Å². The number of carbonyl (C=O) groups excluding carboxylic acids is 1. The molecule has 1 aromatic heterocycles. The summed E-state index contributed by atoms with van der Waals surface area (Å²) in [5, 5.41) is 4.33. The van der Waals surface area contributed by atoms with E-state index in [1.54, 1.807) is 0 Å². The number of thiophene rings is 1. The summed E-state index contributed by atoms with van der Waals surface area (Å²) in [7, 11) is 3.95. The molecule has 0 saturated heterocycles. The quantitative estimate of drug-likeness (QED) is 0.742. The molecule has 0 saturated carbocycles. The molecular weight excluding hydrogens is 316 g/mol. The van der Waals surface area contributed by atoms with Crippen LogP contribution in [0.2, 0.25) is 5.02 Å². The molecule has 0 radical (unpaired) electrons. The third kappa shape index (κ3) is 2.80. The van der Waals surface area contributed by atoms with Crippen molar-refractivity contribution >= 4 is 50.3 Å². The van der Waals surface area contributed by atoms with Crippen LogP contribution in [0.5, 0.6) is 0 Å². The van der Waals surface area contributed by atoms with Gasteiger partial charge in [0.2, 0.25) is 0 Å². The molecule has 0 unspecified atom stereocenters. The fourth-order valence-corrected chi connectivity index (χ4v) is 3.60. The summed E-state index contributed by atoms with van der Waals surface area (Å²) in [6.45, 7) is 0. The Labute approximate surface area is 138 Å². The molecule has 1 heterocycles. The average Bonchev–Trinajstić information content (AvgIpc) is 2.85. The van der Waals surface area contributed by atoms with Gasteiger partial charge in [0.1, 0.15) is 4.88 Å². The number of hydrogen-bond acceptors (Lipinski definition) is 3. The molecule has 0 spiro atoms. The van der Waals surface area contributed by atoms with Crippen LogP contribution in [0.4, 0.5) is 11.4 Å². The SMILES string of the molecule is CN(C)c1ccc(NC(=O)c2sc3ccccc3c2Cl)cc1. The zero-order valence-corrected chi connectivity index (χ0v) is 13.8. The predicted molar refractivity (Wildman–Crippen MR) is 95.6 cm³/mol. The molecule has 0 aliphatic carbocycles. The van der Waals surface area contributed by atoms with Gasteiger partial charge in [-0.1, -0.05) is 29.8 Å². The summed E-state index contributed by atoms with van der Waals surface area (Å²) >= 11 is 7.74. The lowest BCUT2D eigenvalue weighted by atomic mass is 10.2. The van der Waals surface area contributed by atoms with Crippen molar-refractivity contribution in [1.29, 1.82) is 0 Å². The zero-order chi connectivity index (χ0) is 15.7. The highest BCUT2D eigenvalue weighted by Gasteiger charge is 2.16. The van der Waals surface area contributed by atoms with Crippen LogP contribution >= 0.6 is 22.9 Å². The number of nitrogens with one attached hydrogen (secondary N) is 1. The fraction of sp³-hybridized carbons (Fsp3) is 0.118. The number of benzene rings is 2. The maximum absolute atomic E-state index is 12.4. The summed E-state index contributed by atoms with van der Waals surface area (Å²) in [6, 6.07) is 15.4. The van der Waals surface area contributed by atoms with Crippen LogP contribution in [0.15, 0.2) is 48.5 Å². The standard InChI is InChI=1S/C17H15ClN2OS/c1-20(2)12-9-7-11(8-10-12)19-17(21)16-15(18)13-5-3-4-6-14(13)22-16/h3-10H,1-2H3,(H,19,21). The van der Waals surface area contributed by atoms with E-state index in [1.807, 2.05) is 67.5 Å². The van der Waals surface area contributed by atoms with Crippen molar-refractivity contribution in [3.63, 3.8) is 0 Å². The Balaban J connectivity index is 1.85. The van der Waals surface area contributed by atoms with E-state index >= 15 is 0 Å². The lowest BCUT2D eigenvalue weighted by molar-refractivity contribution is 0.103. The number of hydrogen-bond donors (Lipinski definition) is 1. The van der Waals surface area contributed by atoms with Crippen LogP contribution in [0, 0.1) is 0 Å². The molecule has 3 aromatic rings. The monoisotopic (exact) mass is 330 g/mol. The normalized spacial score (nSPS) is 10.7. The van der Waals surface area contributed by atoms with Gasteiger partial charge in [-0.3, -0.25) is 4.79 Å². The number of amides is 1. The number of nitrogens with zero attached hydrogens (tertiary/aromatic N) is 1. The van der Waals surface area contributed by atoms with E-state index in [0.29, 0.717) is 9.90 Å². The third-order valence-electron chi connectivity index (χ3n) is 3.38. The van der Waals surface area contributed by atoms with Gasteiger partial charge in [0.15, 0.2) is 0 Å². The molecule has 0 aliphatic rings. The van der Waals surface area contributed by atoms with Crippen molar-refractivity contribution in [2.24, 2.45) is 0 Å². The molecule has 2 aromatic carbocycles. The van der Waals surface area contributed by atoms with E-state index in [2.05, 4.69) is 5.32 Å². The Morgan fingerprint density at radius 1 is 1.09 bits per heavy atom. The van der Waals surface area contributed by atoms with Crippen molar-refractivity contribution in [3.05, 3.63) is 58.4 Å². The molecule has 0 atom stereocenters. The molecule has 1 amide bonds. The molecule has 3 nitrogen and oxygen atoms in total. The first kappa shape index (κ1) is 14.9. The summed E-state index contributed by atoms with van der Waals surface area (Å²) in [5.74, 6) is -0.177. The van der Waals surface area contributed by atoms with Crippen molar-refractivity contribution in [2.45, 2.75) is 0 Å². The Bertz CT molecular complexity index is 824. The van der Waals surface area contributed by atoms with Crippen molar-refractivity contribution in [1.82, 2.24) is 0 Å². The third-order valence-corrected chi connectivity index (χ3v) is 5.06. The second kappa shape index (κ2) is 5.99. The molecule has 3 rings (SSSR count). The van der Waals surface area contributed by atoms with Gasteiger partial charge >= 0.3 is 0 Å². The topological polar surface area (TPSA) is 32.3 Å². The van der Waals surface area contributed by atoms with Gasteiger partial charge in [-0.05, 0) is 30.3 Å². The van der Waals surface area contributed by atoms with Crippen LogP contribution < -0.4 is 10.2 Å². The van der Waals surface area contributed by atoms with Crippen molar-refractivity contribution < 1.29 is 4.79 Å². The first-order valence-corrected chi connectivity index (χ1v) is 8.01. The lowest BCUT2D eigenvalue weighted by Gasteiger charge is -2.12. The van der Waals surface area contributed by atoms with Gasteiger partial charge in [0, 0.05) is 35.6 Å². The van der Waals surface area contributed by atoms with Crippen LogP contribution in [0.25, 0.3) is 10.1 Å². The zero-order valence-electron chi connectivity index (χ0n) is 12.3. The van der Waals surface area contributed by atoms with Crippen LogP contribution in [0.3, 0.4) is 0 Å². The molecule has 0 aliphatic heterocycles. The smallest absolute Gasteiger partial charge is 0.267 e. The predicted octanol–water partition coefficient (Wildman–Crippen LogP) is 4.87. The van der Waals surface area contributed by atoms with E-state index in [9.17, 15) is 4.79 Å². The second-order valence-corrected chi connectivity index (χ2v) is 6.57. The van der Waals surface area contributed by atoms with E-state index < -0.39 is 0 Å². The van der Waals surface area contributed by atoms with Gasteiger partial charge < -0.3 is 10.2 Å². The largest absolute Gasteiger partial charge is 0.378 e. The number of anilines is 2. The second-order valence-electron chi connectivity index (χ2n) is 5.14.